The molecule has 0 fully saturated rings. The molecule has 0 radical (unpaired) electrons. The van der Waals surface area contributed by atoms with Gasteiger partial charge in [-0.25, -0.2) is 0 Å². The molecule has 3 heteroatoms. The third-order valence-corrected chi connectivity index (χ3v) is 3.18. The maximum atomic E-state index is 5.78. The van der Waals surface area contributed by atoms with E-state index >= 15 is 0 Å². The molecule has 0 aliphatic carbocycles. The van der Waals surface area contributed by atoms with Gasteiger partial charge < -0.3 is 15.4 Å². The van der Waals surface area contributed by atoms with Crippen LogP contribution >= 0.6 is 0 Å². The molecule has 0 bridgehead atoms. The van der Waals surface area contributed by atoms with Crippen molar-refractivity contribution < 1.29 is 4.74 Å². The van der Waals surface area contributed by atoms with Crippen LogP contribution in [0.4, 0.5) is 11.4 Å². The van der Waals surface area contributed by atoms with Crippen LogP contribution in [0.5, 0.6) is 5.75 Å². The van der Waals surface area contributed by atoms with Crippen molar-refractivity contribution in [2.75, 3.05) is 31.3 Å². The van der Waals surface area contributed by atoms with Crippen LogP contribution in [0.15, 0.2) is 48.5 Å². The van der Waals surface area contributed by atoms with Crippen molar-refractivity contribution in [3.63, 3.8) is 0 Å². The molecule has 0 atom stereocenters. The number of ether oxygens (including phenoxy) is 1. The van der Waals surface area contributed by atoms with Crippen molar-refractivity contribution in [3.8, 4) is 5.75 Å². The Bertz CT molecular complexity index is 540. The van der Waals surface area contributed by atoms with E-state index in [4.69, 9.17) is 10.5 Å². The molecule has 2 N–H and O–H groups in total. The number of rotatable bonds is 5. The van der Waals surface area contributed by atoms with E-state index in [0.29, 0.717) is 0 Å². The molecule has 100 valence electrons. The summed E-state index contributed by atoms with van der Waals surface area (Å²) in [6.07, 6.45) is 0.971. The molecular weight excluding hydrogens is 236 g/mol. The second kappa shape index (κ2) is 6.14. The lowest BCUT2D eigenvalue weighted by Gasteiger charge is -2.20. The zero-order valence-corrected chi connectivity index (χ0v) is 11.5. The van der Waals surface area contributed by atoms with E-state index < -0.39 is 0 Å². The van der Waals surface area contributed by atoms with Gasteiger partial charge in [-0.2, -0.15) is 0 Å². The van der Waals surface area contributed by atoms with Crippen LogP contribution in [-0.4, -0.2) is 20.7 Å². The van der Waals surface area contributed by atoms with Gasteiger partial charge in [0.1, 0.15) is 5.75 Å². The van der Waals surface area contributed by atoms with Crippen molar-refractivity contribution in [2.24, 2.45) is 0 Å². The molecule has 3 nitrogen and oxygen atoms in total. The van der Waals surface area contributed by atoms with Gasteiger partial charge in [0.05, 0.1) is 7.11 Å². The Morgan fingerprint density at radius 3 is 2.63 bits per heavy atom. The van der Waals surface area contributed by atoms with Crippen LogP contribution in [-0.2, 0) is 6.42 Å². The second-order valence-corrected chi connectivity index (χ2v) is 4.62. The minimum atomic E-state index is 0.821. The molecule has 0 amide bonds. The van der Waals surface area contributed by atoms with E-state index in [1.807, 2.05) is 36.4 Å². The van der Waals surface area contributed by atoms with E-state index in [1.54, 1.807) is 7.11 Å². The first-order valence-corrected chi connectivity index (χ1v) is 6.38. The molecular formula is C16H20N2O. The first kappa shape index (κ1) is 13.3. The maximum Gasteiger partial charge on any atom is 0.120 e. The number of methoxy groups -OCH3 is 1. The fourth-order valence-electron chi connectivity index (χ4n) is 2.02. The summed E-state index contributed by atoms with van der Waals surface area (Å²) >= 11 is 0. The van der Waals surface area contributed by atoms with Gasteiger partial charge in [-0.1, -0.05) is 18.2 Å². The van der Waals surface area contributed by atoms with Crippen molar-refractivity contribution in [1.29, 1.82) is 0 Å². The average Bonchev–Trinajstić information content (AvgIpc) is 2.45. The number of anilines is 2. The van der Waals surface area contributed by atoms with Crippen LogP contribution in [0, 0.1) is 0 Å². The Kier molecular flexibility index (Phi) is 4.29. The highest BCUT2D eigenvalue weighted by molar-refractivity contribution is 5.50. The molecule has 2 rings (SSSR count). The SMILES string of the molecule is COc1cccc(N(C)CCc2cccc(N)c2)c1. The summed E-state index contributed by atoms with van der Waals surface area (Å²) in [5, 5.41) is 0. The summed E-state index contributed by atoms with van der Waals surface area (Å²) in [5.74, 6) is 0.883. The Labute approximate surface area is 114 Å². The molecule has 0 spiro atoms. The van der Waals surface area contributed by atoms with Crippen LogP contribution in [0.3, 0.4) is 0 Å². The van der Waals surface area contributed by atoms with Gasteiger partial charge in [0.25, 0.3) is 0 Å². The van der Waals surface area contributed by atoms with Crippen LogP contribution in [0.2, 0.25) is 0 Å². The maximum absolute atomic E-state index is 5.78. The van der Waals surface area contributed by atoms with Gasteiger partial charge in [-0.3, -0.25) is 0 Å². The first-order valence-electron chi connectivity index (χ1n) is 6.38. The van der Waals surface area contributed by atoms with Crippen molar-refractivity contribution >= 4 is 11.4 Å². The molecule has 0 saturated heterocycles. The summed E-state index contributed by atoms with van der Waals surface area (Å²) in [7, 11) is 3.77. The smallest absolute Gasteiger partial charge is 0.120 e. The molecule has 2 aromatic rings. The number of hydrogen-bond acceptors (Lipinski definition) is 3. The van der Waals surface area contributed by atoms with Gasteiger partial charge in [0.15, 0.2) is 0 Å². The predicted molar refractivity (Wildman–Crippen MR) is 80.8 cm³/mol. The number of nitrogens with two attached hydrogens (primary N) is 1. The van der Waals surface area contributed by atoms with Gasteiger partial charge in [0.2, 0.25) is 0 Å². The topological polar surface area (TPSA) is 38.5 Å². The summed E-state index contributed by atoms with van der Waals surface area (Å²) < 4.78 is 5.24. The largest absolute Gasteiger partial charge is 0.497 e. The van der Waals surface area contributed by atoms with E-state index in [9.17, 15) is 0 Å². The van der Waals surface area contributed by atoms with E-state index in [-0.39, 0.29) is 0 Å². The Morgan fingerprint density at radius 2 is 1.89 bits per heavy atom. The molecule has 0 aliphatic rings. The molecule has 0 aliphatic heterocycles. The highest BCUT2D eigenvalue weighted by Gasteiger charge is 2.03. The normalized spacial score (nSPS) is 10.2. The van der Waals surface area contributed by atoms with E-state index in [1.165, 1.54) is 5.56 Å². The predicted octanol–water partition coefficient (Wildman–Crippen LogP) is 2.96. The Hall–Kier alpha value is -2.16. The van der Waals surface area contributed by atoms with Crippen LogP contribution in [0.25, 0.3) is 0 Å². The Morgan fingerprint density at radius 1 is 1.11 bits per heavy atom. The lowest BCUT2D eigenvalue weighted by atomic mass is 10.1. The molecule has 19 heavy (non-hydrogen) atoms. The standard InChI is InChI=1S/C16H20N2O/c1-18(15-7-4-8-16(12-15)19-2)10-9-13-5-3-6-14(17)11-13/h3-8,11-12H,9-10,17H2,1-2H3. The highest BCUT2D eigenvalue weighted by Crippen LogP contribution is 2.20. The molecule has 0 aromatic heterocycles. The zero-order chi connectivity index (χ0) is 13.7. The van der Waals surface area contributed by atoms with E-state index in [2.05, 4.69) is 24.1 Å². The molecule has 0 unspecified atom stereocenters. The third kappa shape index (κ3) is 3.65. The van der Waals surface area contributed by atoms with Gasteiger partial charge in [-0.05, 0) is 36.2 Å². The fraction of sp³-hybridized carbons (Fsp3) is 0.250. The van der Waals surface area contributed by atoms with Crippen LogP contribution in [0.1, 0.15) is 5.56 Å². The first-order chi connectivity index (χ1) is 9.19. The fourth-order valence-corrected chi connectivity index (χ4v) is 2.02. The minimum absolute atomic E-state index is 0.821. The third-order valence-electron chi connectivity index (χ3n) is 3.18. The van der Waals surface area contributed by atoms with Gasteiger partial charge in [0, 0.05) is 31.0 Å². The second-order valence-electron chi connectivity index (χ2n) is 4.62. The Balaban J connectivity index is 1.99. The van der Waals surface area contributed by atoms with Crippen molar-refractivity contribution in [3.05, 3.63) is 54.1 Å². The van der Waals surface area contributed by atoms with Crippen molar-refractivity contribution in [1.82, 2.24) is 0 Å². The number of benzene rings is 2. The molecule has 2 aromatic carbocycles. The summed E-state index contributed by atoms with van der Waals surface area (Å²) in [6, 6.07) is 16.1. The summed E-state index contributed by atoms with van der Waals surface area (Å²) in [5.41, 5.74) is 9.02. The summed E-state index contributed by atoms with van der Waals surface area (Å²) in [4.78, 5) is 2.21. The average molecular weight is 256 g/mol. The zero-order valence-electron chi connectivity index (χ0n) is 11.5. The van der Waals surface area contributed by atoms with Gasteiger partial charge in [-0.15, -0.1) is 0 Å². The quantitative estimate of drug-likeness (QED) is 0.836. The van der Waals surface area contributed by atoms with Crippen molar-refractivity contribution in [2.45, 2.75) is 6.42 Å². The molecule has 0 heterocycles. The minimum Gasteiger partial charge on any atom is -0.497 e. The summed E-state index contributed by atoms with van der Waals surface area (Å²) in [6.45, 7) is 0.941. The number of nitrogens with zero attached hydrogens (tertiary/aromatic N) is 1. The lowest BCUT2D eigenvalue weighted by molar-refractivity contribution is 0.415. The number of hydrogen-bond donors (Lipinski definition) is 1. The van der Waals surface area contributed by atoms with Crippen LogP contribution < -0.4 is 15.4 Å². The van der Waals surface area contributed by atoms with E-state index in [0.717, 1.165) is 30.1 Å². The monoisotopic (exact) mass is 256 g/mol. The van der Waals surface area contributed by atoms with Gasteiger partial charge >= 0.3 is 0 Å². The molecule has 0 saturated carbocycles. The highest BCUT2D eigenvalue weighted by atomic mass is 16.5. The number of likely N-dealkylation sites (N-methyl/N-ethyl adjacent to an activating group) is 1. The number of nitrogen functional groups attached to an aromatic ring is 1. The lowest BCUT2D eigenvalue weighted by Crippen LogP contribution is -2.20.